The molecule has 1 amide bonds. The number of rotatable bonds is 4. The van der Waals surface area contributed by atoms with Crippen molar-refractivity contribution >= 4 is 23.5 Å². The average molecular weight is 299 g/mol. The molecule has 0 saturated carbocycles. The van der Waals surface area contributed by atoms with Gasteiger partial charge in [-0.15, -0.1) is 0 Å². The Bertz CT molecular complexity index is 535. The minimum absolute atomic E-state index is 0.0782. The summed E-state index contributed by atoms with van der Waals surface area (Å²) >= 11 is 5.88. The number of aromatic hydroxyl groups is 1. The number of carboxylic acid groups (broad SMARTS) is 1. The number of halogens is 1. The molecule has 0 aromatic heterocycles. The predicted octanol–water partition coefficient (Wildman–Crippen LogP) is 0.821. The number of carboxylic acids is 1. The van der Waals surface area contributed by atoms with Crippen LogP contribution in [-0.4, -0.2) is 46.1 Å². The summed E-state index contributed by atoms with van der Waals surface area (Å²) in [6, 6.07) is 3.92. The average Bonchev–Trinajstić information content (AvgIpc) is 2.37. The zero-order valence-electron chi connectivity index (χ0n) is 10.7. The highest BCUT2D eigenvalue weighted by Gasteiger charge is 2.31. The molecule has 1 heterocycles. The maximum atomic E-state index is 11.8. The minimum Gasteiger partial charge on any atom is -0.508 e. The Kier molecular flexibility index (Phi) is 4.46. The molecule has 108 valence electrons. The third-order valence-corrected chi connectivity index (χ3v) is 3.46. The molecular weight excluding hydrogens is 284 g/mol. The molecule has 0 aliphatic carbocycles. The molecular formula is C13H15ClN2O4. The summed E-state index contributed by atoms with van der Waals surface area (Å²) in [7, 11) is 0. The van der Waals surface area contributed by atoms with E-state index in [1.54, 1.807) is 17.0 Å². The summed E-state index contributed by atoms with van der Waals surface area (Å²) in [6.45, 7) is 1.25. The van der Waals surface area contributed by atoms with Crippen LogP contribution in [0.2, 0.25) is 5.02 Å². The van der Waals surface area contributed by atoms with Crippen LogP contribution in [0.25, 0.3) is 0 Å². The van der Waals surface area contributed by atoms with Gasteiger partial charge in [-0.3, -0.25) is 14.5 Å². The summed E-state index contributed by atoms with van der Waals surface area (Å²) in [5.41, 5.74) is 0.572. The van der Waals surface area contributed by atoms with E-state index in [2.05, 4.69) is 5.32 Å². The topological polar surface area (TPSA) is 89.9 Å². The van der Waals surface area contributed by atoms with Gasteiger partial charge in [-0.2, -0.15) is 0 Å². The van der Waals surface area contributed by atoms with Crippen molar-refractivity contribution in [3.8, 4) is 5.75 Å². The van der Waals surface area contributed by atoms with E-state index in [-0.39, 0.29) is 24.6 Å². The van der Waals surface area contributed by atoms with Gasteiger partial charge in [0.2, 0.25) is 5.91 Å². The highest BCUT2D eigenvalue weighted by atomic mass is 35.5. The lowest BCUT2D eigenvalue weighted by atomic mass is 10.1. The monoisotopic (exact) mass is 298 g/mol. The first-order valence-electron chi connectivity index (χ1n) is 6.18. The number of hydrogen-bond donors (Lipinski definition) is 3. The van der Waals surface area contributed by atoms with Crippen molar-refractivity contribution in [2.75, 3.05) is 13.1 Å². The zero-order chi connectivity index (χ0) is 14.7. The molecule has 0 radical (unpaired) electrons. The molecule has 1 aromatic rings. The van der Waals surface area contributed by atoms with E-state index in [9.17, 15) is 14.7 Å². The number of phenolic OH excluding ortho intramolecular Hbond substituents is 1. The van der Waals surface area contributed by atoms with E-state index in [4.69, 9.17) is 16.7 Å². The molecule has 7 heteroatoms. The van der Waals surface area contributed by atoms with Crippen molar-refractivity contribution in [3.63, 3.8) is 0 Å². The number of hydrogen-bond acceptors (Lipinski definition) is 4. The van der Waals surface area contributed by atoms with Gasteiger partial charge in [0, 0.05) is 30.2 Å². The zero-order valence-corrected chi connectivity index (χ0v) is 11.4. The summed E-state index contributed by atoms with van der Waals surface area (Å²) in [5, 5.41) is 21.8. The third-order valence-electron chi connectivity index (χ3n) is 3.22. The maximum absolute atomic E-state index is 11.8. The second-order valence-electron chi connectivity index (χ2n) is 4.65. The van der Waals surface area contributed by atoms with Gasteiger partial charge in [-0.1, -0.05) is 11.6 Å². The lowest BCUT2D eigenvalue weighted by molar-refractivity contribution is -0.143. The number of carbonyl (C=O) groups excluding carboxylic acids is 1. The van der Waals surface area contributed by atoms with E-state index in [0.717, 1.165) is 0 Å². The SMILES string of the molecule is O=C(O)CC1C(=O)NCCN1Cc1cc(Cl)ccc1O. The summed E-state index contributed by atoms with van der Waals surface area (Å²) in [4.78, 5) is 24.4. The highest BCUT2D eigenvalue weighted by molar-refractivity contribution is 6.30. The Balaban J connectivity index is 2.18. The number of nitrogens with one attached hydrogen (secondary N) is 1. The molecule has 20 heavy (non-hydrogen) atoms. The van der Waals surface area contributed by atoms with Gasteiger partial charge < -0.3 is 15.5 Å². The van der Waals surface area contributed by atoms with Gasteiger partial charge in [0.25, 0.3) is 0 Å². The molecule has 2 rings (SSSR count). The van der Waals surface area contributed by atoms with Crippen molar-refractivity contribution in [1.82, 2.24) is 10.2 Å². The summed E-state index contributed by atoms with van der Waals surface area (Å²) < 4.78 is 0. The number of amides is 1. The van der Waals surface area contributed by atoms with Crippen LogP contribution in [-0.2, 0) is 16.1 Å². The van der Waals surface area contributed by atoms with E-state index in [1.165, 1.54) is 6.07 Å². The van der Waals surface area contributed by atoms with Crippen LogP contribution in [0, 0.1) is 0 Å². The van der Waals surface area contributed by atoms with E-state index in [1.807, 2.05) is 0 Å². The smallest absolute Gasteiger partial charge is 0.305 e. The number of phenols is 1. The predicted molar refractivity (Wildman–Crippen MR) is 72.6 cm³/mol. The number of carbonyl (C=O) groups is 2. The molecule has 1 fully saturated rings. The fraction of sp³-hybridized carbons (Fsp3) is 0.385. The number of nitrogens with zero attached hydrogens (tertiary/aromatic N) is 1. The van der Waals surface area contributed by atoms with Crippen molar-refractivity contribution in [2.45, 2.75) is 19.0 Å². The largest absolute Gasteiger partial charge is 0.508 e. The van der Waals surface area contributed by atoms with Crippen LogP contribution in [0.4, 0.5) is 0 Å². The summed E-state index contributed by atoms with van der Waals surface area (Å²) in [6.07, 6.45) is -0.271. The number of benzene rings is 1. The quantitative estimate of drug-likeness (QED) is 0.766. The normalized spacial score (nSPS) is 19.6. The van der Waals surface area contributed by atoms with Gasteiger partial charge in [-0.05, 0) is 18.2 Å². The molecule has 0 bridgehead atoms. The Labute approximate surface area is 121 Å². The Hall–Kier alpha value is -1.79. The van der Waals surface area contributed by atoms with E-state index < -0.39 is 12.0 Å². The second kappa shape index (κ2) is 6.11. The van der Waals surface area contributed by atoms with E-state index >= 15 is 0 Å². The Morgan fingerprint density at radius 2 is 2.25 bits per heavy atom. The molecule has 3 N–H and O–H groups in total. The van der Waals surface area contributed by atoms with Crippen molar-refractivity contribution < 1.29 is 19.8 Å². The van der Waals surface area contributed by atoms with Crippen LogP contribution in [0.5, 0.6) is 5.75 Å². The van der Waals surface area contributed by atoms with Crippen LogP contribution in [0.3, 0.4) is 0 Å². The standard InChI is InChI=1S/C13H15ClN2O4/c14-9-1-2-11(17)8(5-9)7-16-4-3-15-13(20)10(16)6-12(18)19/h1-2,5,10,17H,3-4,6-7H2,(H,15,20)(H,18,19). The molecule has 1 aliphatic heterocycles. The molecule has 1 atom stereocenters. The van der Waals surface area contributed by atoms with Gasteiger partial charge in [-0.25, -0.2) is 0 Å². The first-order valence-corrected chi connectivity index (χ1v) is 6.56. The lowest BCUT2D eigenvalue weighted by Gasteiger charge is -2.34. The fourth-order valence-corrected chi connectivity index (χ4v) is 2.43. The van der Waals surface area contributed by atoms with Crippen LogP contribution in [0.1, 0.15) is 12.0 Å². The van der Waals surface area contributed by atoms with Gasteiger partial charge in [0.15, 0.2) is 0 Å². The van der Waals surface area contributed by atoms with Gasteiger partial charge in [0.1, 0.15) is 11.8 Å². The van der Waals surface area contributed by atoms with Gasteiger partial charge >= 0.3 is 5.97 Å². The van der Waals surface area contributed by atoms with E-state index in [0.29, 0.717) is 23.7 Å². The fourth-order valence-electron chi connectivity index (χ4n) is 2.24. The molecule has 6 nitrogen and oxygen atoms in total. The van der Waals surface area contributed by atoms with Crippen molar-refractivity contribution in [2.24, 2.45) is 0 Å². The highest BCUT2D eigenvalue weighted by Crippen LogP contribution is 2.24. The van der Waals surface area contributed by atoms with Crippen LogP contribution >= 0.6 is 11.6 Å². The molecule has 0 spiro atoms. The number of aliphatic carboxylic acids is 1. The molecule has 1 saturated heterocycles. The first kappa shape index (κ1) is 14.6. The van der Waals surface area contributed by atoms with Crippen molar-refractivity contribution in [1.29, 1.82) is 0 Å². The molecule has 1 unspecified atom stereocenters. The van der Waals surface area contributed by atoms with Crippen molar-refractivity contribution in [3.05, 3.63) is 28.8 Å². The number of piperazine rings is 1. The van der Waals surface area contributed by atoms with Gasteiger partial charge in [0.05, 0.1) is 6.42 Å². The van der Waals surface area contributed by atoms with Crippen LogP contribution < -0.4 is 5.32 Å². The third kappa shape index (κ3) is 3.40. The first-order chi connectivity index (χ1) is 9.47. The second-order valence-corrected chi connectivity index (χ2v) is 5.08. The minimum atomic E-state index is -1.03. The molecule has 1 aromatic carbocycles. The Morgan fingerprint density at radius 3 is 2.95 bits per heavy atom. The lowest BCUT2D eigenvalue weighted by Crippen LogP contribution is -2.55. The Morgan fingerprint density at radius 1 is 1.50 bits per heavy atom. The maximum Gasteiger partial charge on any atom is 0.305 e. The van der Waals surface area contributed by atoms with Crippen LogP contribution in [0.15, 0.2) is 18.2 Å². The summed E-state index contributed by atoms with van der Waals surface area (Å²) in [5.74, 6) is -1.26. The molecule has 1 aliphatic rings.